The predicted molar refractivity (Wildman–Crippen MR) is 82.0 cm³/mol. The van der Waals surface area contributed by atoms with E-state index >= 15 is 0 Å². The summed E-state index contributed by atoms with van der Waals surface area (Å²) in [4.78, 5) is 4.92. The lowest BCUT2D eigenvalue weighted by molar-refractivity contribution is 0.184. The maximum atomic E-state index is 5.92. The van der Waals surface area contributed by atoms with Crippen molar-refractivity contribution in [2.24, 2.45) is 5.73 Å². The van der Waals surface area contributed by atoms with Crippen molar-refractivity contribution in [2.45, 2.75) is 25.4 Å². The number of nitrogens with zero attached hydrogens (tertiary/aromatic N) is 2. The molecule has 102 valence electrons. The molecule has 1 aliphatic rings. The number of rotatable bonds is 5. The van der Waals surface area contributed by atoms with Gasteiger partial charge in [-0.25, -0.2) is 0 Å². The number of halogens is 1. The molecule has 18 heavy (non-hydrogen) atoms. The Hall–Kier alpha value is 0.0600. The van der Waals surface area contributed by atoms with Crippen molar-refractivity contribution in [3.63, 3.8) is 0 Å². The zero-order valence-electron chi connectivity index (χ0n) is 10.9. The third-order valence-electron chi connectivity index (χ3n) is 3.50. The van der Waals surface area contributed by atoms with Crippen LogP contribution in [0.1, 0.15) is 18.4 Å². The fraction of sp³-hybridized carbons (Fsp3) is 0.692. The van der Waals surface area contributed by atoms with Crippen LogP contribution >= 0.6 is 27.3 Å². The zero-order chi connectivity index (χ0) is 13.0. The van der Waals surface area contributed by atoms with Crippen molar-refractivity contribution in [3.8, 4) is 0 Å². The highest BCUT2D eigenvalue weighted by Gasteiger charge is 2.15. The number of hydrogen-bond donors (Lipinski definition) is 1. The molecule has 1 aliphatic heterocycles. The normalized spacial score (nSPS) is 18.7. The quantitative estimate of drug-likeness (QED) is 0.899. The molecule has 2 rings (SSSR count). The van der Waals surface area contributed by atoms with Crippen LogP contribution in [-0.4, -0.2) is 49.1 Å². The van der Waals surface area contributed by atoms with E-state index in [-0.39, 0.29) is 0 Å². The molecular weight excluding hydrogens is 310 g/mol. The lowest BCUT2D eigenvalue weighted by atomic mass is 10.1. The van der Waals surface area contributed by atoms with Crippen molar-refractivity contribution in [1.29, 1.82) is 0 Å². The molecular formula is C13H22BrN3S. The summed E-state index contributed by atoms with van der Waals surface area (Å²) in [6.45, 7) is 5.66. The molecule has 1 saturated heterocycles. The molecule has 0 bridgehead atoms. The lowest BCUT2D eigenvalue weighted by Crippen LogP contribution is -2.42. The van der Waals surface area contributed by atoms with E-state index < -0.39 is 0 Å². The van der Waals surface area contributed by atoms with Gasteiger partial charge in [0.05, 0.1) is 3.79 Å². The minimum absolute atomic E-state index is 0.433. The first-order valence-corrected chi connectivity index (χ1v) is 8.20. The highest BCUT2D eigenvalue weighted by molar-refractivity contribution is 9.11. The molecule has 2 N–H and O–H groups in total. The topological polar surface area (TPSA) is 32.5 Å². The minimum Gasteiger partial charge on any atom is -0.328 e. The summed E-state index contributed by atoms with van der Waals surface area (Å²) < 4.78 is 1.22. The van der Waals surface area contributed by atoms with Gasteiger partial charge in [-0.3, -0.25) is 0 Å². The van der Waals surface area contributed by atoms with Crippen LogP contribution in [0, 0.1) is 0 Å². The molecule has 1 aromatic heterocycles. The number of hydrogen-bond acceptors (Lipinski definition) is 4. The van der Waals surface area contributed by atoms with Gasteiger partial charge in [0, 0.05) is 25.7 Å². The monoisotopic (exact) mass is 331 g/mol. The first-order chi connectivity index (χ1) is 8.63. The smallest absolute Gasteiger partial charge is 0.0701 e. The molecule has 2 heterocycles. The summed E-state index contributed by atoms with van der Waals surface area (Å²) in [6, 6.07) is 2.64. The Morgan fingerprint density at radius 3 is 2.83 bits per heavy atom. The number of likely N-dealkylation sites (N-methyl/N-ethyl adjacent to an activating group) is 1. The average Bonchev–Trinajstić information content (AvgIpc) is 2.74. The van der Waals surface area contributed by atoms with Gasteiger partial charge >= 0.3 is 0 Å². The Bertz CT molecular complexity index is 361. The van der Waals surface area contributed by atoms with Crippen LogP contribution in [0.15, 0.2) is 15.2 Å². The van der Waals surface area contributed by atoms with E-state index in [1.807, 2.05) is 0 Å². The SMILES string of the molecule is CN(CCN1CCC(N)CC1)Cc1csc(Br)c1. The van der Waals surface area contributed by atoms with Gasteiger partial charge in [-0.1, -0.05) is 0 Å². The van der Waals surface area contributed by atoms with E-state index in [0.29, 0.717) is 6.04 Å². The lowest BCUT2D eigenvalue weighted by Gasteiger charge is -2.31. The summed E-state index contributed by atoms with van der Waals surface area (Å²) in [5, 5.41) is 2.22. The second-order valence-electron chi connectivity index (χ2n) is 5.18. The van der Waals surface area contributed by atoms with Crippen molar-refractivity contribution in [1.82, 2.24) is 9.80 Å². The summed E-state index contributed by atoms with van der Waals surface area (Å²) in [5.41, 5.74) is 7.32. The zero-order valence-corrected chi connectivity index (χ0v) is 13.3. The van der Waals surface area contributed by atoms with Gasteiger partial charge in [-0.15, -0.1) is 11.3 Å². The van der Waals surface area contributed by atoms with Gasteiger partial charge in [-0.2, -0.15) is 0 Å². The number of likely N-dealkylation sites (tertiary alicyclic amines) is 1. The van der Waals surface area contributed by atoms with E-state index in [2.05, 4.69) is 44.2 Å². The van der Waals surface area contributed by atoms with Gasteiger partial charge < -0.3 is 15.5 Å². The third-order valence-corrected chi connectivity index (χ3v) is 5.06. The van der Waals surface area contributed by atoms with Crippen LogP contribution in [0.4, 0.5) is 0 Å². The molecule has 0 unspecified atom stereocenters. The van der Waals surface area contributed by atoms with E-state index in [1.54, 1.807) is 11.3 Å². The highest BCUT2D eigenvalue weighted by Crippen LogP contribution is 2.21. The summed E-state index contributed by atoms with van der Waals surface area (Å²) >= 11 is 5.27. The largest absolute Gasteiger partial charge is 0.328 e. The Morgan fingerprint density at radius 1 is 1.50 bits per heavy atom. The molecule has 5 heteroatoms. The Morgan fingerprint density at radius 2 is 2.22 bits per heavy atom. The van der Waals surface area contributed by atoms with Crippen molar-refractivity contribution < 1.29 is 0 Å². The van der Waals surface area contributed by atoms with Gasteiger partial charge in [-0.05, 0) is 65.9 Å². The first kappa shape index (κ1) is 14.5. The van der Waals surface area contributed by atoms with Crippen LogP contribution in [0.2, 0.25) is 0 Å². The van der Waals surface area contributed by atoms with E-state index in [0.717, 1.165) is 32.5 Å². The minimum atomic E-state index is 0.433. The fourth-order valence-electron chi connectivity index (χ4n) is 2.31. The van der Waals surface area contributed by atoms with Crippen LogP contribution < -0.4 is 5.73 Å². The molecule has 3 nitrogen and oxygen atoms in total. The second-order valence-corrected chi connectivity index (χ2v) is 7.47. The van der Waals surface area contributed by atoms with E-state index in [4.69, 9.17) is 5.73 Å². The number of thiophene rings is 1. The third kappa shape index (κ3) is 4.63. The number of nitrogens with two attached hydrogens (primary N) is 1. The Balaban J connectivity index is 1.67. The predicted octanol–water partition coefficient (Wildman–Crippen LogP) is 2.37. The first-order valence-electron chi connectivity index (χ1n) is 6.53. The van der Waals surface area contributed by atoms with Crippen LogP contribution in [0.3, 0.4) is 0 Å². The number of piperidine rings is 1. The standard InChI is InChI=1S/C13H22BrN3S/c1-16(9-11-8-13(14)18-10-11)6-7-17-4-2-12(15)3-5-17/h8,10,12H,2-7,9,15H2,1H3. The molecule has 1 fully saturated rings. The van der Waals surface area contributed by atoms with Crippen LogP contribution in [0.25, 0.3) is 0 Å². The van der Waals surface area contributed by atoms with Crippen molar-refractivity contribution >= 4 is 27.3 Å². The van der Waals surface area contributed by atoms with E-state index in [1.165, 1.54) is 22.4 Å². The summed E-state index contributed by atoms with van der Waals surface area (Å²) in [5.74, 6) is 0. The molecule has 0 aliphatic carbocycles. The maximum absolute atomic E-state index is 5.92. The maximum Gasteiger partial charge on any atom is 0.0701 e. The summed E-state index contributed by atoms with van der Waals surface area (Å²) in [7, 11) is 2.20. The van der Waals surface area contributed by atoms with E-state index in [9.17, 15) is 0 Å². The molecule has 0 amide bonds. The van der Waals surface area contributed by atoms with Crippen LogP contribution in [0.5, 0.6) is 0 Å². The Kier molecular flexibility index (Phi) is 5.63. The molecule has 0 spiro atoms. The van der Waals surface area contributed by atoms with Gasteiger partial charge in [0.15, 0.2) is 0 Å². The van der Waals surface area contributed by atoms with Gasteiger partial charge in [0.2, 0.25) is 0 Å². The summed E-state index contributed by atoms with van der Waals surface area (Å²) in [6.07, 6.45) is 2.31. The highest BCUT2D eigenvalue weighted by atomic mass is 79.9. The second kappa shape index (κ2) is 7.01. The van der Waals surface area contributed by atoms with Crippen molar-refractivity contribution in [3.05, 3.63) is 20.8 Å². The van der Waals surface area contributed by atoms with Crippen LogP contribution in [-0.2, 0) is 6.54 Å². The molecule has 1 aromatic rings. The Labute approximate surface area is 122 Å². The van der Waals surface area contributed by atoms with Gasteiger partial charge in [0.1, 0.15) is 0 Å². The average molecular weight is 332 g/mol. The molecule has 0 aromatic carbocycles. The molecule has 0 atom stereocenters. The fourth-order valence-corrected chi connectivity index (χ4v) is 3.51. The van der Waals surface area contributed by atoms with Gasteiger partial charge in [0.25, 0.3) is 0 Å². The molecule has 0 saturated carbocycles. The van der Waals surface area contributed by atoms with Crippen molar-refractivity contribution in [2.75, 3.05) is 33.2 Å². The molecule has 0 radical (unpaired) electrons.